The van der Waals surface area contributed by atoms with Crippen LogP contribution in [0.4, 0.5) is 50.9 Å². The minimum Gasteiger partial charge on any atom is -0.627 e. The molecule has 0 aliphatic rings. The fourth-order valence-corrected chi connectivity index (χ4v) is 2.99. The highest BCUT2D eigenvalue weighted by atomic mass is 19.4. The first kappa shape index (κ1) is 25.5. The molecule has 0 spiro atoms. The lowest BCUT2D eigenvalue weighted by Crippen LogP contribution is -3.02. The Morgan fingerprint density at radius 3 is 1.53 bits per heavy atom. The van der Waals surface area contributed by atoms with Crippen molar-refractivity contribution in [1.29, 1.82) is 0 Å². The summed E-state index contributed by atoms with van der Waals surface area (Å²) in [7, 11) is 0. The van der Waals surface area contributed by atoms with Gasteiger partial charge in [-0.2, -0.15) is 39.5 Å². The Labute approximate surface area is 181 Å². The fourth-order valence-electron chi connectivity index (χ4n) is 2.99. The first-order valence-electron chi connectivity index (χ1n) is 8.55. The van der Waals surface area contributed by atoms with Crippen molar-refractivity contribution in [3.8, 4) is 11.3 Å². The lowest BCUT2D eigenvalue weighted by Gasteiger charge is -2.32. The number of alkyl halides is 9. The summed E-state index contributed by atoms with van der Waals surface area (Å²) < 4.78 is 120. The van der Waals surface area contributed by atoms with Gasteiger partial charge < -0.3 is 31.3 Å². The van der Waals surface area contributed by atoms with Gasteiger partial charge in [0.1, 0.15) is 5.69 Å². The molecule has 2 N–H and O–H groups in total. The number of hydrogen-bond donors (Lipinski definition) is 2. The third-order valence-electron chi connectivity index (χ3n) is 4.42. The van der Waals surface area contributed by atoms with E-state index in [-0.39, 0.29) is 12.1 Å². The Morgan fingerprint density at radius 2 is 1.12 bits per heavy atom. The summed E-state index contributed by atoms with van der Waals surface area (Å²) in [4.78, 5) is 6.43. The summed E-state index contributed by atoms with van der Waals surface area (Å²) >= 11 is 0. The average Bonchev–Trinajstić information content (AvgIpc) is 2.69. The second-order valence-corrected chi connectivity index (χ2v) is 6.64. The topological polar surface area (TPSA) is 127 Å². The maximum atomic E-state index is 13.6. The van der Waals surface area contributed by atoms with E-state index in [1.807, 2.05) is 0 Å². The van der Waals surface area contributed by atoms with Gasteiger partial charge >= 0.3 is 18.5 Å². The Kier molecular flexibility index (Phi) is 6.23. The molecular formula is C17H7F9N4O4-2. The van der Waals surface area contributed by atoms with Crippen LogP contribution in [0.3, 0.4) is 0 Å². The van der Waals surface area contributed by atoms with Crippen LogP contribution >= 0.6 is 0 Å². The predicted octanol–water partition coefficient (Wildman–Crippen LogP) is 3.38. The number of benzene rings is 2. The third kappa shape index (κ3) is 4.88. The fraction of sp³-hybridized carbons (Fsp3) is 0.176. The highest BCUT2D eigenvalue weighted by molar-refractivity contribution is 5.85. The summed E-state index contributed by atoms with van der Waals surface area (Å²) in [5.74, 6) is 0. The van der Waals surface area contributed by atoms with E-state index in [4.69, 9.17) is 0 Å². The second kappa shape index (κ2) is 8.29. The molecule has 8 nitrogen and oxygen atoms in total. The molecule has 0 bridgehead atoms. The van der Waals surface area contributed by atoms with Crippen LogP contribution in [0.15, 0.2) is 30.3 Å². The van der Waals surface area contributed by atoms with E-state index in [1.165, 1.54) is 0 Å². The lowest BCUT2D eigenvalue weighted by molar-refractivity contribution is -0.747. The van der Waals surface area contributed by atoms with Gasteiger partial charge in [0.05, 0.1) is 22.2 Å². The van der Waals surface area contributed by atoms with Crippen molar-refractivity contribution < 1.29 is 50.0 Å². The van der Waals surface area contributed by atoms with Gasteiger partial charge in [0, 0.05) is 17.7 Å². The van der Waals surface area contributed by atoms with Gasteiger partial charge in [0.25, 0.3) is 0 Å². The highest BCUT2D eigenvalue weighted by Crippen LogP contribution is 2.44. The van der Waals surface area contributed by atoms with Crippen LogP contribution in [0, 0.1) is 20.8 Å². The largest absolute Gasteiger partial charge is 0.627 e. The smallest absolute Gasteiger partial charge is 0.435 e. The zero-order valence-electron chi connectivity index (χ0n) is 15.8. The lowest BCUT2D eigenvalue weighted by atomic mass is 9.98. The van der Waals surface area contributed by atoms with Crippen LogP contribution in [0.1, 0.15) is 16.8 Å². The standard InChI is InChI=1S/C17H7F9N4O4/c18-15(19,20)6-1-2-7(8(3-6)16(21,22)23)13-14(17(24,25)26)28-10-5-12(30(33)34)11(29(31)32)4-9(10)27-13/h1-5,29-30H/q-2. The minimum atomic E-state index is -5.56. The highest BCUT2D eigenvalue weighted by Gasteiger charge is 2.42. The molecule has 2 aromatic carbocycles. The first-order chi connectivity index (χ1) is 15.4. The average molecular weight is 502 g/mol. The molecule has 0 unspecified atom stereocenters. The SMILES string of the molecule is [O-][NH+]([O-])c1cc2nc(-c3ccc(C(F)(F)F)cc3C(F)(F)F)c(C(F)(F)F)nc2cc1[NH+]([O-])[O-]. The predicted molar refractivity (Wildman–Crippen MR) is 94.7 cm³/mol. The van der Waals surface area contributed by atoms with E-state index in [1.54, 1.807) is 0 Å². The maximum Gasteiger partial charge on any atom is 0.435 e. The van der Waals surface area contributed by atoms with Crippen molar-refractivity contribution in [2.75, 3.05) is 0 Å². The van der Waals surface area contributed by atoms with Crippen molar-refractivity contribution in [2.45, 2.75) is 18.5 Å². The summed E-state index contributed by atoms with van der Waals surface area (Å²) in [6.45, 7) is 0. The van der Waals surface area contributed by atoms with E-state index in [0.29, 0.717) is 12.1 Å². The molecule has 3 rings (SSSR count). The van der Waals surface area contributed by atoms with E-state index in [0.717, 1.165) is 0 Å². The van der Waals surface area contributed by atoms with Crippen LogP contribution in [-0.2, 0) is 18.5 Å². The van der Waals surface area contributed by atoms with Crippen LogP contribution in [0.2, 0.25) is 0 Å². The quantitative estimate of drug-likeness (QED) is 0.418. The van der Waals surface area contributed by atoms with Crippen molar-refractivity contribution in [2.24, 2.45) is 0 Å². The molecular weight excluding hydrogens is 495 g/mol. The number of quaternary nitrogens is 2. The molecule has 0 aliphatic heterocycles. The molecule has 0 saturated heterocycles. The second-order valence-electron chi connectivity index (χ2n) is 6.64. The number of halogens is 9. The molecule has 0 saturated carbocycles. The van der Waals surface area contributed by atoms with Crippen LogP contribution in [0.25, 0.3) is 22.3 Å². The molecule has 0 aliphatic carbocycles. The number of rotatable bonds is 3. The molecule has 3 aromatic rings. The molecule has 17 heteroatoms. The Bertz CT molecular complexity index is 1240. The monoisotopic (exact) mass is 502 g/mol. The number of nitrogens with zero attached hydrogens (tertiary/aromatic N) is 2. The van der Waals surface area contributed by atoms with Gasteiger partial charge in [-0.1, -0.05) is 6.07 Å². The van der Waals surface area contributed by atoms with Gasteiger partial charge in [-0.05, 0) is 12.1 Å². The minimum absolute atomic E-state index is 0.0996. The Morgan fingerprint density at radius 1 is 0.618 bits per heavy atom. The zero-order valence-corrected chi connectivity index (χ0v) is 15.8. The Balaban J connectivity index is 2.44. The van der Waals surface area contributed by atoms with Gasteiger partial charge in [-0.3, -0.25) is 0 Å². The maximum absolute atomic E-state index is 13.6. The van der Waals surface area contributed by atoms with Crippen LogP contribution < -0.4 is 10.5 Å². The third-order valence-corrected chi connectivity index (χ3v) is 4.42. The summed E-state index contributed by atoms with van der Waals surface area (Å²) in [5, 5.41) is 40.3. The van der Waals surface area contributed by atoms with Crippen molar-refractivity contribution >= 4 is 22.4 Å². The van der Waals surface area contributed by atoms with E-state index in [2.05, 4.69) is 9.97 Å². The summed E-state index contributed by atoms with van der Waals surface area (Å²) in [5.41, 5.74) is -13.0. The van der Waals surface area contributed by atoms with Gasteiger partial charge in [0.15, 0.2) is 17.1 Å². The van der Waals surface area contributed by atoms with Gasteiger partial charge in [0.2, 0.25) is 0 Å². The molecule has 1 heterocycles. The van der Waals surface area contributed by atoms with E-state index in [9.17, 15) is 60.3 Å². The van der Waals surface area contributed by atoms with E-state index < -0.39 is 85.5 Å². The summed E-state index contributed by atoms with van der Waals surface area (Å²) in [6.07, 6.45) is -16.3. The summed E-state index contributed by atoms with van der Waals surface area (Å²) in [6, 6.07) is 0.518. The molecule has 0 atom stereocenters. The molecule has 0 radical (unpaired) electrons. The normalized spacial score (nSPS) is 13.4. The van der Waals surface area contributed by atoms with Crippen LogP contribution in [-0.4, -0.2) is 9.97 Å². The number of hydrogen-bond acceptors (Lipinski definition) is 6. The van der Waals surface area contributed by atoms with Crippen molar-refractivity contribution in [3.63, 3.8) is 0 Å². The molecule has 1 aromatic heterocycles. The first-order valence-corrected chi connectivity index (χ1v) is 8.55. The Hall–Kier alpha value is -3.09. The number of aromatic nitrogens is 2. The van der Waals surface area contributed by atoms with Crippen molar-refractivity contribution in [3.05, 3.63) is 68.0 Å². The molecule has 184 valence electrons. The molecule has 0 fully saturated rings. The van der Waals surface area contributed by atoms with Crippen molar-refractivity contribution in [1.82, 2.24) is 9.97 Å². The number of fused-ring (bicyclic) bond motifs is 1. The number of nitrogens with one attached hydrogen (secondary N) is 2. The zero-order chi connectivity index (χ0) is 25.8. The van der Waals surface area contributed by atoms with Gasteiger partial charge in [-0.25, -0.2) is 9.97 Å². The molecule has 0 amide bonds. The van der Waals surface area contributed by atoms with Gasteiger partial charge in [-0.15, -0.1) is 0 Å². The van der Waals surface area contributed by atoms with E-state index >= 15 is 0 Å². The molecule has 34 heavy (non-hydrogen) atoms. The van der Waals surface area contributed by atoms with Crippen LogP contribution in [0.5, 0.6) is 0 Å².